The number of hydrogen-bond acceptors (Lipinski definition) is 3. The molecule has 11 heavy (non-hydrogen) atoms. The van der Waals surface area contributed by atoms with Gasteiger partial charge in [-0.3, -0.25) is 0 Å². The number of hydrogen-bond donors (Lipinski definition) is 2. The quantitative estimate of drug-likeness (QED) is 0.530. The largest absolute Gasteiger partial charge is 0.504 e. The molecule has 0 aromatic carbocycles. The fourth-order valence-corrected chi connectivity index (χ4v) is 0.917. The van der Waals surface area contributed by atoms with E-state index in [1.165, 1.54) is 0 Å². The van der Waals surface area contributed by atoms with Gasteiger partial charge in [0.25, 0.3) is 0 Å². The zero-order chi connectivity index (χ0) is 8.27. The zero-order valence-corrected chi connectivity index (χ0v) is 6.45. The number of ether oxygens (including phenoxy) is 1. The van der Waals surface area contributed by atoms with Crippen molar-refractivity contribution in [2.75, 3.05) is 7.11 Å². The maximum Gasteiger partial charge on any atom is 0.0875 e. The first-order valence-electron chi connectivity index (χ1n) is 3.38. The van der Waals surface area contributed by atoms with Crippen molar-refractivity contribution in [2.24, 2.45) is 11.5 Å². The third kappa shape index (κ3) is 1.85. The smallest absolute Gasteiger partial charge is 0.0875 e. The highest BCUT2D eigenvalue weighted by Gasteiger charge is 2.07. The summed E-state index contributed by atoms with van der Waals surface area (Å²) >= 11 is 0. The highest BCUT2D eigenvalue weighted by atomic mass is 16.5. The SMILES string of the molecule is COC=C1C=CC(N)=CC1N. The van der Waals surface area contributed by atoms with Crippen LogP contribution in [0.4, 0.5) is 0 Å². The summed E-state index contributed by atoms with van der Waals surface area (Å²) in [6.45, 7) is 0. The molecule has 0 saturated heterocycles. The van der Waals surface area contributed by atoms with Crippen LogP contribution in [0.3, 0.4) is 0 Å². The van der Waals surface area contributed by atoms with Gasteiger partial charge in [0.1, 0.15) is 0 Å². The van der Waals surface area contributed by atoms with E-state index in [2.05, 4.69) is 0 Å². The minimum Gasteiger partial charge on any atom is -0.504 e. The zero-order valence-electron chi connectivity index (χ0n) is 6.45. The van der Waals surface area contributed by atoms with E-state index in [0.717, 1.165) is 5.57 Å². The Morgan fingerprint density at radius 3 is 2.82 bits per heavy atom. The van der Waals surface area contributed by atoms with E-state index in [4.69, 9.17) is 16.2 Å². The Morgan fingerprint density at radius 2 is 2.27 bits per heavy atom. The van der Waals surface area contributed by atoms with Crippen LogP contribution in [0.25, 0.3) is 0 Å². The van der Waals surface area contributed by atoms with Gasteiger partial charge in [0.2, 0.25) is 0 Å². The van der Waals surface area contributed by atoms with E-state index in [1.54, 1.807) is 25.5 Å². The lowest BCUT2D eigenvalue weighted by atomic mass is 10.0. The molecule has 0 heterocycles. The number of rotatable bonds is 1. The average Bonchev–Trinajstić information content (AvgIpc) is 1.95. The van der Waals surface area contributed by atoms with Gasteiger partial charge >= 0.3 is 0 Å². The van der Waals surface area contributed by atoms with E-state index in [9.17, 15) is 0 Å². The molecule has 0 bridgehead atoms. The Bertz CT molecular complexity index is 228. The van der Waals surface area contributed by atoms with Crippen molar-refractivity contribution in [3.8, 4) is 0 Å². The van der Waals surface area contributed by atoms with Crippen LogP contribution in [0, 0.1) is 0 Å². The van der Waals surface area contributed by atoms with Crippen LogP contribution < -0.4 is 11.5 Å². The molecule has 4 N–H and O–H groups in total. The first-order valence-corrected chi connectivity index (χ1v) is 3.38. The van der Waals surface area contributed by atoms with Crippen LogP contribution >= 0.6 is 0 Å². The van der Waals surface area contributed by atoms with Crippen molar-refractivity contribution < 1.29 is 4.74 Å². The summed E-state index contributed by atoms with van der Waals surface area (Å²) in [5.41, 5.74) is 12.8. The van der Waals surface area contributed by atoms with Gasteiger partial charge in [-0.15, -0.1) is 0 Å². The second kappa shape index (κ2) is 3.25. The van der Waals surface area contributed by atoms with Gasteiger partial charge in [0.05, 0.1) is 19.4 Å². The molecule has 1 aliphatic carbocycles. The Labute approximate surface area is 66.0 Å². The van der Waals surface area contributed by atoms with Gasteiger partial charge < -0.3 is 16.2 Å². The Morgan fingerprint density at radius 1 is 1.55 bits per heavy atom. The molecule has 60 valence electrons. The molecule has 0 spiro atoms. The first kappa shape index (κ1) is 7.88. The van der Waals surface area contributed by atoms with Crippen LogP contribution in [0.2, 0.25) is 0 Å². The lowest BCUT2D eigenvalue weighted by Gasteiger charge is -2.12. The molecule has 1 aliphatic rings. The van der Waals surface area contributed by atoms with E-state index in [-0.39, 0.29) is 6.04 Å². The van der Waals surface area contributed by atoms with E-state index in [0.29, 0.717) is 5.70 Å². The first-order chi connectivity index (χ1) is 5.24. The molecule has 1 rings (SSSR count). The topological polar surface area (TPSA) is 61.3 Å². The van der Waals surface area contributed by atoms with Crippen molar-refractivity contribution in [3.05, 3.63) is 35.8 Å². The van der Waals surface area contributed by atoms with Gasteiger partial charge in [-0.25, -0.2) is 0 Å². The molecule has 1 atom stereocenters. The summed E-state index contributed by atoms with van der Waals surface area (Å²) in [5, 5.41) is 0. The van der Waals surface area contributed by atoms with Gasteiger partial charge in [-0.1, -0.05) is 6.08 Å². The highest BCUT2D eigenvalue weighted by molar-refractivity contribution is 5.38. The lowest BCUT2D eigenvalue weighted by molar-refractivity contribution is 0.333. The molecule has 3 nitrogen and oxygen atoms in total. The Balaban J connectivity index is 2.77. The summed E-state index contributed by atoms with van der Waals surface area (Å²) in [5.74, 6) is 0. The van der Waals surface area contributed by atoms with Gasteiger partial charge in [-0.05, 0) is 12.2 Å². The number of methoxy groups -OCH3 is 1. The van der Waals surface area contributed by atoms with Crippen LogP contribution in [-0.4, -0.2) is 13.2 Å². The normalized spacial score (nSPS) is 26.9. The molecular formula is C8H12N2O. The third-order valence-corrected chi connectivity index (χ3v) is 1.48. The van der Waals surface area contributed by atoms with Crippen molar-refractivity contribution in [1.82, 2.24) is 0 Å². The summed E-state index contributed by atoms with van der Waals surface area (Å²) in [6.07, 6.45) is 7.05. The fraction of sp³-hybridized carbons (Fsp3) is 0.250. The minimum absolute atomic E-state index is 0.139. The standard InChI is InChI=1S/C8H12N2O/c1-11-5-6-2-3-7(9)4-8(6)10/h2-5,8H,9-10H2,1H3. The van der Waals surface area contributed by atoms with Gasteiger partial charge in [-0.2, -0.15) is 0 Å². The van der Waals surface area contributed by atoms with Gasteiger partial charge in [0, 0.05) is 11.3 Å². The Kier molecular flexibility index (Phi) is 2.33. The maximum absolute atomic E-state index is 5.70. The van der Waals surface area contributed by atoms with Gasteiger partial charge in [0.15, 0.2) is 0 Å². The highest BCUT2D eigenvalue weighted by Crippen LogP contribution is 2.11. The van der Waals surface area contributed by atoms with E-state index < -0.39 is 0 Å². The lowest BCUT2D eigenvalue weighted by Crippen LogP contribution is -2.23. The van der Waals surface area contributed by atoms with E-state index in [1.807, 2.05) is 6.08 Å². The summed E-state index contributed by atoms with van der Waals surface area (Å²) < 4.78 is 4.82. The molecular weight excluding hydrogens is 140 g/mol. The van der Waals surface area contributed by atoms with Crippen molar-refractivity contribution in [3.63, 3.8) is 0 Å². The van der Waals surface area contributed by atoms with Crippen LogP contribution in [0.1, 0.15) is 0 Å². The molecule has 0 fully saturated rings. The van der Waals surface area contributed by atoms with E-state index >= 15 is 0 Å². The van der Waals surface area contributed by atoms with Crippen molar-refractivity contribution in [2.45, 2.75) is 6.04 Å². The van der Waals surface area contributed by atoms with Crippen LogP contribution in [0.15, 0.2) is 35.8 Å². The molecule has 0 aliphatic heterocycles. The molecule has 0 aromatic rings. The number of allylic oxidation sites excluding steroid dienone is 1. The second-order valence-corrected chi connectivity index (χ2v) is 2.38. The maximum atomic E-state index is 5.70. The van der Waals surface area contributed by atoms with Crippen molar-refractivity contribution in [1.29, 1.82) is 0 Å². The molecule has 0 amide bonds. The summed E-state index contributed by atoms with van der Waals surface area (Å²) in [7, 11) is 1.59. The third-order valence-electron chi connectivity index (χ3n) is 1.48. The molecule has 3 heteroatoms. The average molecular weight is 152 g/mol. The second-order valence-electron chi connectivity index (χ2n) is 2.38. The van der Waals surface area contributed by atoms with Crippen LogP contribution in [0.5, 0.6) is 0 Å². The predicted octanol–water partition coefficient (Wildman–Crippen LogP) is 0.256. The Hall–Kier alpha value is -1.22. The molecule has 0 aromatic heterocycles. The van der Waals surface area contributed by atoms with Crippen molar-refractivity contribution >= 4 is 0 Å². The monoisotopic (exact) mass is 152 g/mol. The summed E-state index contributed by atoms with van der Waals surface area (Å²) in [6, 6.07) is -0.139. The molecule has 0 radical (unpaired) electrons. The molecule has 0 saturated carbocycles. The predicted molar refractivity (Wildman–Crippen MR) is 44.5 cm³/mol. The molecule has 1 unspecified atom stereocenters. The minimum atomic E-state index is -0.139. The fourth-order valence-electron chi connectivity index (χ4n) is 0.917. The number of nitrogens with two attached hydrogens (primary N) is 2. The van der Waals surface area contributed by atoms with Crippen LogP contribution in [-0.2, 0) is 4.74 Å². The summed E-state index contributed by atoms with van der Waals surface area (Å²) in [4.78, 5) is 0.